The lowest BCUT2D eigenvalue weighted by atomic mass is 10.0. The molecule has 116 valence electrons. The molecule has 1 N–H and O–H groups in total. The predicted octanol–water partition coefficient (Wildman–Crippen LogP) is 1.17. The third kappa shape index (κ3) is 4.17. The van der Waals surface area contributed by atoms with Gasteiger partial charge in [-0.05, 0) is 59.2 Å². The number of carbonyl (C=O) groups is 1. The predicted molar refractivity (Wildman–Crippen MR) is 77.7 cm³/mol. The van der Waals surface area contributed by atoms with Gasteiger partial charge in [0.05, 0.1) is 6.61 Å². The molecule has 2 fully saturated rings. The summed E-state index contributed by atoms with van der Waals surface area (Å²) in [7, 11) is 0. The zero-order valence-electron chi connectivity index (χ0n) is 12.8. The second-order valence-electron chi connectivity index (χ2n) is 5.78. The van der Waals surface area contributed by atoms with E-state index in [0.717, 1.165) is 45.3 Å². The van der Waals surface area contributed by atoms with Crippen molar-refractivity contribution in [2.45, 2.75) is 57.7 Å². The van der Waals surface area contributed by atoms with Crippen molar-refractivity contribution in [2.75, 3.05) is 32.8 Å². The molecule has 0 radical (unpaired) electrons. The zero-order valence-corrected chi connectivity index (χ0v) is 12.8. The Hall–Kier alpha value is -0.650. The van der Waals surface area contributed by atoms with Crippen molar-refractivity contribution < 1.29 is 14.3 Å². The van der Waals surface area contributed by atoms with Gasteiger partial charge >= 0.3 is 5.97 Å². The number of nitrogens with one attached hydrogen (secondary N) is 1. The lowest BCUT2D eigenvalue weighted by Gasteiger charge is -2.35. The third-order valence-electron chi connectivity index (χ3n) is 4.22. The molecule has 2 heterocycles. The van der Waals surface area contributed by atoms with Crippen LogP contribution >= 0.6 is 0 Å². The maximum absolute atomic E-state index is 12.3. The summed E-state index contributed by atoms with van der Waals surface area (Å²) in [6, 6.07) is 0.501. The van der Waals surface area contributed by atoms with Gasteiger partial charge in [0, 0.05) is 12.6 Å². The summed E-state index contributed by atoms with van der Waals surface area (Å²) in [6.45, 7) is 8.15. The van der Waals surface area contributed by atoms with Crippen LogP contribution in [0.3, 0.4) is 0 Å². The van der Waals surface area contributed by atoms with Crippen LogP contribution in [-0.2, 0) is 14.3 Å². The van der Waals surface area contributed by atoms with Gasteiger partial charge in [0.1, 0.15) is 12.1 Å². The van der Waals surface area contributed by atoms with Crippen LogP contribution in [0.2, 0.25) is 0 Å². The molecule has 0 amide bonds. The van der Waals surface area contributed by atoms with Gasteiger partial charge < -0.3 is 14.8 Å². The summed E-state index contributed by atoms with van der Waals surface area (Å²) in [5.41, 5.74) is 0. The zero-order chi connectivity index (χ0) is 14.4. The van der Waals surface area contributed by atoms with Crippen LogP contribution in [0.25, 0.3) is 0 Å². The van der Waals surface area contributed by atoms with Gasteiger partial charge in [-0.2, -0.15) is 0 Å². The molecule has 0 aromatic carbocycles. The Morgan fingerprint density at radius 1 is 1.35 bits per heavy atom. The van der Waals surface area contributed by atoms with Crippen LogP contribution in [-0.4, -0.2) is 61.9 Å². The van der Waals surface area contributed by atoms with E-state index in [9.17, 15) is 4.79 Å². The smallest absolute Gasteiger partial charge is 0.323 e. The van der Waals surface area contributed by atoms with Crippen molar-refractivity contribution in [3.05, 3.63) is 0 Å². The molecule has 0 spiro atoms. The molecule has 2 unspecified atom stereocenters. The highest BCUT2D eigenvalue weighted by molar-refractivity contribution is 5.76. The van der Waals surface area contributed by atoms with Crippen molar-refractivity contribution in [2.24, 2.45) is 0 Å². The van der Waals surface area contributed by atoms with E-state index in [1.165, 1.54) is 0 Å². The SMILES string of the molecule is CCOCC(C)OC(=O)C1CCCN1C1CCNCC1. The van der Waals surface area contributed by atoms with Gasteiger partial charge in [0.2, 0.25) is 0 Å². The van der Waals surface area contributed by atoms with Gasteiger partial charge in [-0.15, -0.1) is 0 Å². The Balaban J connectivity index is 1.84. The molecule has 5 nitrogen and oxygen atoms in total. The average molecular weight is 284 g/mol. The molecule has 2 aliphatic rings. The normalized spacial score (nSPS) is 26.6. The van der Waals surface area contributed by atoms with Gasteiger partial charge in [0.25, 0.3) is 0 Å². The summed E-state index contributed by atoms with van der Waals surface area (Å²) in [4.78, 5) is 14.7. The summed E-state index contributed by atoms with van der Waals surface area (Å²) in [6.07, 6.45) is 4.16. The number of hydrogen-bond donors (Lipinski definition) is 1. The number of piperidine rings is 1. The van der Waals surface area contributed by atoms with Gasteiger partial charge in [0.15, 0.2) is 0 Å². The van der Waals surface area contributed by atoms with Crippen LogP contribution in [0.4, 0.5) is 0 Å². The fourth-order valence-corrected chi connectivity index (χ4v) is 3.21. The number of likely N-dealkylation sites (tertiary alicyclic amines) is 1. The first-order valence-corrected chi connectivity index (χ1v) is 7.97. The Kier molecular flexibility index (Phi) is 6.26. The number of nitrogens with zero attached hydrogens (tertiary/aromatic N) is 1. The second kappa shape index (κ2) is 7.96. The molecule has 5 heteroatoms. The lowest BCUT2D eigenvalue weighted by Crippen LogP contribution is -2.48. The Morgan fingerprint density at radius 3 is 2.80 bits per heavy atom. The average Bonchev–Trinajstić information content (AvgIpc) is 2.95. The molecule has 2 rings (SSSR count). The van der Waals surface area contributed by atoms with Crippen molar-refractivity contribution in [1.29, 1.82) is 0 Å². The van der Waals surface area contributed by atoms with Crippen molar-refractivity contribution in [1.82, 2.24) is 10.2 Å². The van der Waals surface area contributed by atoms with E-state index in [1.54, 1.807) is 0 Å². The standard InChI is InChI=1S/C15H28N2O3/c1-3-19-11-12(2)20-15(18)14-5-4-10-17(14)13-6-8-16-9-7-13/h12-14,16H,3-11H2,1-2H3. The second-order valence-corrected chi connectivity index (χ2v) is 5.78. The Labute approximate surface area is 122 Å². The van der Waals surface area contributed by atoms with E-state index in [2.05, 4.69) is 10.2 Å². The van der Waals surface area contributed by atoms with Crippen LogP contribution in [0.5, 0.6) is 0 Å². The van der Waals surface area contributed by atoms with Gasteiger partial charge in [-0.1, -0.05) is 0 Å². The van der Waals surface area contributed by atoms with Crippen molar-refractivity contribution in [3.8, 4) is 0 Å². The van der Waals surface area contributed by atoms with Gasteiger partial charge in [-0.3, -0.25) is 9.69 Å². The highest BCUT2D eigenvalue weighted by atomic mass is 16.6. The van der Waals surface area contributed by atoms with Crippen molar-refractivity contribution >= 4 is 5.97 Å². The number of rotatable bonds is 6. The molecule has 0 aromatic rings. The molecular formula is C15H28N2O3. The van der Waals surface area contributed by atoms with E-state index >= 15 is 0 Å². The minimum absolute atomic E-state index is 0.0397. The molecule has 2 saturated heterocycles. The van der Waals surface area contributed by atoms with Crippen LogP contribution in [0.15, 0.2) is 0 Å². The molecule has 0 aliphatic carbocycles. The Morgan fingerprint density at radius 2 is 2.10 bits per heavy atom. The van der Waals surface area contributed by atoms with Crippen LogP contribution in [0.1, 0.15) is 39.5 Å². The first-order chi connectivity index (χ1) is 9.72. The number of ether oxygens (including phenoxy) is 2. The summed E-state index contributed by atoms with van der Waals surface area (Å²) in [5, 5.41) is 3.38. The molecular weight excluding hydrogens is 256 g/mol. The quantitative estimate of drug-likeness (QED) is 0.742. The topological polar surface area (TPSA) is 50.8 Å². The van der Waals surface area contributed by atoms with E-state index in [4.69, 9.17) is 9.47 Å². The summed E-state index contributed by atoms with van der Waals surface area (Å²) in [5.74, 6) is -0.0618. The van der Waals surface area contributed by atoms with Crippen LogP contribution in [0, 0.1) is 0 Å². The minimum atomic E-state index is -0.155. The van der Waals surface area contributed by atoms with E-state index in [0.29, 0.717) is 19.3 Å². The van der Waals surface area contributed by atoms with E-state index in [-0.39, 0.29) is 18.1 Å². The Bertz CT molecular complexity index is 305. The van der Waals surface area contributed by atoms with Crippen LogP contribution < -0.4 is 5.32 Å². The summed E-state index contributed by atoms with van der Waals surface area (Å²) < 4.78 is 10.8. The van der Waals surface area contributed by atoms with Gasteiger partial charge in [-0.25, -0.2) is 0 Å². The van der Waals surface area contributed by atoms with Crippen molar-refractivity contribution in [3.63, 3.8) is 0 Å². The molecule has 0 bridgehead atoms. The minimum Gasteiger partial charge on any atom is -0.459 e. The number of hydrogen-bond acceptors (Lipinski definition) is 5. The number of carbonyl (C=O) groups excluding carboxylic acids is 1. The molecule has 0 aromatic heterocycles. The molecule has 2 aliphatic heterocycles. The maximum Gasteiger partial charge on any atom is 0.323 e. The van der Waals surface area contributed by atoms with E-state index < -0.39 is 0 Å². The highest BCUT2D eigenvalue weighted by Gasteiger charge is 2.37. The van der Waals surface area contributed by atoms with E-state index in [1.807, 2.05) is 13.8 Å². The fraction of sp³-hybridized carbons (Fsp3) is 0.933. The largest absolute Gasteiger partial charge is 0.459 e. The molecule has 20 heavy (non-hydrogen) atoms. The monoisotopic (exact) mass is 284 g/mol. The lowest BCUT2D eigenvalue weighted by molar-refractivity contribution is -0.157. The third-order valence-corrected chi connectivity index (χ3v) is 4.22. The fourth-order valence-electron chi connectivity index (χ4n) is 3.21. The summed E-state index contributed by atoms with van der Waals surface area (Å²) >= 11 is 0. The molecule has 0 saturated carbocycles. The maximum atomic E-state index is 12.3. The highest BCUT2D eigenvalue weighted by Crippen LogP contribution is 2.25. The first kappa shape index (κ1) is 15.7. The number of esters is 1. The first-order valence-electron chi connectivity index (χ1n) is 7.97. The molecule has 2 atom stereocenters.